The Labute approximate surface area is 160 Å². The molecule has 28 heavy (non-hydrogen) atoms. The van der Waals surface area contributed by atoms with E-state index < -0.39 is 11.7 Å². The molecule has 0 bridgehead atoms. The molecule has 0 unspecified atom stereocenters. The van der Waals surface area contributed by atoms with E-state index in [0.29, 0.717) is 29.6 Å². The number of nitrogens with one attached hydrogen (secondary N) is 3. The average Bonchev–Trinajstić information content (AvgIpc) is 3.27. The SMILES string of the molecule is CN(C)C(=O)C[C@H]1NCc2cc(NC(=O)c3cc(F)cc4[nH]ncc34)ccc21. The molecule has 3 aromatic rings. The third-order valence-electron chi connectivity index (χ3n) is 4.96. The molecule has 1 aliphatic heterocycles. The minimum atomic E-state index is -0.506. The predicted molar refractivity (Wildman–Crippen MR) is 103 cm³/mol. The molecule has 7 nitrogen and oxygen atoms in total. The van der Waals surface area contributed by atoms with Crippen molar-refractivity contribution in [3.63, 3.8) is 0 Å². The van der Waals surface area contributed by atoms with Gasteiger partial charge in [0.2, 0.25) is 5.91 Å². The second kappa shape index (κ2) is 7.05. The van der Waals surface area contributed by atoms with E-state index in [0.717, 1.165) is 11.1 Å². The van der Waals surface area contributed by atoms with E-state index in [1.165, 1.54) is 18.3 Å². The standard InChI is InChI=1S/C20H20FN5O2/c1-26(2)19(27)8-17-14-4-3-13(5-11(14)9-22-17)24-20(28)15-6-12(21)7-18-16(15)10-23-25-18/h3-7,10,17,22H,8-9H2,1-2H3,(H,23,25)(H,24,28)/t17-/m1/s1. The molecule has 0 saturated heterocycles. The van der Waals surface area contributed by atoms with Gasteiger partial charge in [0, 0.05) is 44.2 Å². The molecule has 0 saturated carbocycles. The molecular formula is C20H20FN5O2. The first-order valence-electron chi connectivity index (χ1n) is 8.92. The molecule has 3 N–H and O–H groups in total. The Morgan fingerprint density at radius 2 is 2.11 bits per heavy atom. The van der Waals surface area contributed by atoms with E-state index in [1.807, 2.05) is 12.1 Å². The molecule has 0 radical (unpaired) electrons. The van der Waals surface area contributed by atoms with E-state index in [-0.39, 0.29) is 17.5 Å². The number of aromatic amines is 1. The number of carbonyl (C=O) groups is 2. The molecule has 1 aromatic heterocycles. The van der Waals surface area contributed by atoms with Gasteiger partial charge in [-0.15, -0.1) is 0 Å². The minimum absolute atomic E-state index is 0.0385. The number of hydrogen-bond donors (Lipinski definition) is 3. The number of H-pyrrole nitrogens is 1. The second-order valence-corrected chi connectivity index (χ2v) is 7.08. The maximum atomic E-state index is 13.8. The van der Waals surface area contributed by atoms with Gasteiger partial charge in [0.25, 0.3) is 5.91 Å². The van der Waals surface area contributed by atoms with Crippen molar-refractivity contribution in [3.05, 3.63) is 59.0 Å². The summed E-state index contributed by atoms with van der Waals surface area (Å²) in [7, 11) is 3.47. The van der Waals surface area contributed by atoms with Gasteiger partial charge in [-0.25, -0.2) is 4.39 Å². The van der Waals surface area contributed by atoms with Crippen LogP contribution >= 0.6 is 0 Å². The number of hydrogen-bond acceptors (Lipinski definition) is 4. The Morgan fingerprint density at radius 3 is 2.89 bits per heavy atom. The number of amides is 2. The summed E-state index contributed by atoms with van der Waals surface area (Å²) < 4.78 is 13.8. The fraction of sp³-hybridized carbons (Fsp3) is 0.250. The molecule has 2 heterocycles. The highest BCUT2D eigenvalue weighted by Gasteiger charge is 2.25. The monoisotopic (exact) mass is 381 g/mol. The molecule has 4 rings (SSSR count). The van der Waals surface area contributed by atoms with Gasteiger partial charge in [-0.2, -0.15) is 5.10 Å². The summed E-state index contributed by atoms with van der Waals surface area (Å²) in [5, 5.41) is 13.3. The Bertz CT molecular complexity index is 1080. The average molecular weight is 381 g/mol. The largest absolute Gasteiger partial charge is 0.349 e. The van der Waals surface area contributed by atoms with Crippen LogP contribution in [0.5, 0.6) is 0 Å². The van der Waals surface area contributed by atoms with Gasteiger partial charge in [-0.3, -0.25) is 14.7 Å². The van der Waals surface area contributed by atoms with E-state index in [9.17, 15) is 14.0 Å². The zero-order chi connectivity index (χ0) is 19.8. The summed E-state index contributed by atoms with van der Waals surface area (Å²) in [6.07, 6.45) is 1.89. The van der Waals surface area contributed by atoms with Crippen molar-refractivity contribution in [1.29, 1.82) is 0 Å². The maximum Gasteiger partial charge on any atom is 0.256 e. The first-order valence-corrected chi connectivity index (χ1v) is 8.92. The highest BCUT2D eigenvalue weighted by atomic mass is 19.1. The zero-order valence-electron chi connectivity index (χ0n) is 15.5. The Morgan fingerprint density at radius 1 is 1.29 bits per heavy atom. The van der Waals surface area contributed by atoms with Crippen LogP contribution in [0.1, 0.15) is 33.9 Å². The van der Waals surface area contributed by atoms with Crippen molar-refractivity contribution < 1.29 is 14.0 Å². The molecule has 0 spiro atoms. The maximum absolute atomic E-state index is 13.8. The molecule has 0 fully saturated rings. The lowest BCUT2D eigenvalue weighted by molar-refractivity contribution is -0.129. The molecule has 1 atom stereocenters. The number of fused-ring (bicyclic) bond motifs is 2. The van der Waals surface area contributed by atoms with Crippen LogP contribution in [0, 0.1) is 5.82 Å². The van der Waals surface area contributed by atoms with Crippen LogP contribution < -0.4 is 10.6 Å². The number of nitrogens with zero attached hydrogens (tertiary/aromatic N) is 2. The summed E-state index contributed by atoms with van der Waals surface area (Å²) in [4.78, 5) is 26.2. The van der Waals surface area contributed by atoms with Gasteiger partial charge in [0.05, 0.1) is 17.3 Å². The van der Waals surface area contributed by atoms with Gasteiger partial charge in [-0.05, 0) is 35.4 Å². The van der Waals surface area contributed by atoms with E-state index in [4.69, 9.17) is 0 Å². The smallest absolute Gasteiger partial charge is 0.256 e. The normalized spacial score (nSPS) is 15.5. The minimum Gasteiger partial charge on any atom is -0.349 e. The fourth-order valence-electron chi connectivity index (χ4n) is 3.46. The summed E-state index contributed by atoms with van der Waals surface area (Å²) in [5.74, 6) is -0.859. The van der Waals surface area contributed by atoms with Crippen LogP contribution in [-0.2, 0) is 11.3 Å². The fourth-order valence-corrected chi connectivity index (χ4v) is 3.46. The van der Waals surface area contributed by atoms with Crippen LogP contribution in [0.15, 0.2) is 36.5 Å². The van der Waals surface area contributed by atoms with Gasteiger partial charge >= 0.3 is 0 Å². The van der Waals surface area contributed by atoms with Gasteiger partial charge < -0.3 is 15.5 Å². The Hall–Kier alpha value is -3.26. The molecule has 2 aromatic carbocycles. The van der Waals surface area contributed by atoms with Gasteiger partial charge in [-0.1, -0.05) is 6.07 Å². The zero-order valence-corrected chi connectivity index (χ0v) is 15.5. The molecule has 0 aliphatic carbocycles. The van der Waals surface area contributed by atoms with E-state index in [2.05, 4.69) is 20.8 Å². The summed E-state index contributed by atoms with van der Waals surface area (Å²) in [6.45, 7) is 0.621. The number of aromatic nitrogens is 2. The molecular weight excluding hydrogens is 361 g/mol. The number of halogens is 1. The van der Waals surface area contributed by atoms with Crippen LogP contribution in [0.3, 0.4) is 0 Å². The number of carbonyl (C=O) groups excluding carboxylic acids is 2. The summed E-state index contributed by atoms with van der Waals surface area (Å²) >= 11 is 0. The van der Waals surface area contributed by atoms with Crippen molar-refractivity contribution >= 4 is 28.4 Å². The van der Waals surface area contributed by atoms with E-state index >= 15 is 0 Å². The lowest BCUT2D eigenvalue weighted by Gasteiger charge is -2.16. The van der Waals surface area contributed by atoms with Crippen molar-refractivity contribution in [2.45, 2.75) is 19.0 Å². The van der Waals surface area contributed by atoms with Crippen molar-refractivity contribution in [2.75, 3.05) is 19.4 Å². The Kier molecular flexibility index (Phi) is 4.56. The van der Waals surface area contributed by atoms with Crippen LogP contribution in [-0.4, -0.2) is 41.0 Å². The number of benzene rings is 2. The van der Waals surface area contributed by atoms with Crippen molar-refractivity contribution in [1.82, 2.24) is 20.4 Å². The highest BCUT2D eigenvalue weighted by Crippen LogP contribution is 2.30. The highest BCUT2D eigenvalue weighted by molar-refractivity contribution is 6.12. The van der Waals surface area contributed by atoms with E-state index in [1.54, 1.807) is 25.1 Å². The predicted octanol–water partition coefficient (Wildman–Crippen LogP) is 2.58. The topological polar surface area (TPSA) is 90.1 Å². The van der Waals surface area contributed by atoms with Crippen LogP contribution in [0.4, 0.5) is 10.1 Å². The number of rotatable bonds is 4. The summed E-state index contributed by atoms with van der Waals surface area (Å²) in [6, 6.07) is 8.05. The van der Waals surface area contributed by atoms with Crippen molar-refractivity contribution in [2.24, 2.45) is 0 Å². The van der Waals surface area contributed by atoms with Crippen LogP contribution in [0.25, 0.3) is 10.9 Å². The second-order valence-electron chi connectivity index (χ2n) is 7.08. The first-order chi connectivity index (χ1) is 13.4. The lowest BCUT2D eigenvalue weighted by atomic mass is 10.0. The summed E-state index contributed by atoms with van der Waals surface area (Å²) in [5.41, 5.74) is 3.39. The van der Waals surface area contributed by atoms with Gasteiger partial charge in [0.1, 0.15) is 5.82 Å². The van der Waals surface area contributed by atoms with Crippen LogP contribution in [0.2, 0.25) is 0 Å². The quantitative estimate of drug-likeness (QED) is 0.648. The third-order valence-corrected chi connectivity index (χ3v) is 4.96. The van der Waals surface area contributed by atoms with Crippen molar-refractivity contribution in [3.8, 4) is 0 Å². The Balaban J connectivity index is 1.54. The molecule has 1 aliphatic rings. The lowest BCUT2D eigenvalue weighted by Crippen LogP contribution is -2.26. The third kappa shape index (κ3) is 3.34. The molecule has 2 amide bonds. The first kappa shape index (κ1) is 18.1. The molecule has 8 heteroatoms. The van der Waals surface area contributed by atoms with Gasteiger partial charge in [0.15, 0.2) is 0 Å². The molecule has 144 valence electrons. The number of anilines is 1.